The second-order valence-electron chi connectivity index (χ2n) is 4.13. The fourth-order valence-electron chi connectivity index (χ4n) is 1.52. The van der Waals surface area contributed by atoms with Gasteiger partial charge in [0.1, 0.15) is 5.75 Å². The van der Waals surface area contributed by atoms with Crippen LogP contribution < -0.4 is 10.5 Å². The molecule has 1 aromatic rings. The van der Waals surface area contributed by atoms with Gasteiger partial charge in [0.05, 0.1) is 4.99 Å². The predicted molar refractivity (Wildman–Crippen MR) is 79.2 cm³/mol. The van der Waals surface area contributed by atoms with E-state index < -0.39 is 10.0 Å². The summed E-state index contributed by atoms with van der Waals surface area (Å²) in [5.41, 5.74) is 6.96. The fourth-order valence-corrected chi connectivity index (χ4v) is 2.93. The molecule has 0 aliphatic rings. The highest BCUT2D eigenvalue weighted by atomic mass is 32.2. The number of unbranched alkanes of at least 4 members (excludes halogenated alkanes) is 1. The lowest BCUT2D eigenvalue weighted by molar-refractivity contribution is 0.605. The summed E-state index contributed by atoms with van der Waals surface area (Å²) in [5, 5.41) is 0. The average Bonchev–Trinajstić information content (AvgIpc) is 2.26. The minimum Gasteiger partial charge on any atom is -0.392 e. The molecular formula is C12H18N2O2S2. The number of hydrogen-bond acceptors (Lipinski definition) is 3. The van der Waals surface area contributed by atoms with Crippen molar-refractivity contribution in [1.29, 1.82) is 0 Å². The largest absolute Gasteiger partial charge is 0.392 e. The van der Waals surface area contributed by atoms with Gasteiger partial charge in [-0.3, -0.25) is 4.72 Å². The topological polar surface area (TPSA) is 72.2 Å². The van der Waals surface area contributed by atoms with Crippen molar-refractivity contribution in [3.63, 3.8) is 0 Å². The van der Waals surface area contributed by atoms with Gasteiger partial charge in [-0.05, 0) is 30.5 Å². The second-order valence-corrected chi connectivity index (χ2v) is 6.37. The zero-order valence-corrected chi connectivity index (χ0v) is 12.0. The average molecular weight is 286 g/mol. The van der Waals surface area contributed by atoms with Gasteiger partial charge in [0, 0.05) is 5.69 Å². The van der Waals surface area contributed by atoms with Crippen LogP contribution in [0.3, 0.4) is 0 Å². The predicted octanol–water partition coefficient (Wildman–Crippen LogP) is 2.06. The molecule has 100 valence electrons. The van der Waals surface area contributed by atoms with Gasteiger partial charge in [-0.2, -0.15) is 0 Å². The van der Waals surface area contributed by atoms with Crippen LogP contribution in [0.15, 0.2) is 24.3 Å². The number of sulfonamides is 1. The molecule has 0 aromatic heterocycles. The number of benzene rings is 1. The first-order valence-electron chi connectivity index (χ1n) is 5.80. The summed E-state index contributed by atoms with van der Waals surface area (Å²) in [6, 6.07) is 7.35. The van der Waals surface area contributed by atoms with E-state index in [1.54, 1.807) is 12.1 Å². The van der Waals surface area contributed by atoms with Crippen molar-refractivity contribution in [3.8, 4) is 0 Å². The standard InChI is InChI=1S/C12H18N2O2S2/c1-2-3-4-10-5-7-11(8-6-10)14-18(15,16)9-12(13)17/h5-8,14H,2-4,9H2,1H3,(H2,13,17). The van der Waals surface area contributed by atoms with E-state index in [2.05, 4.69) is 23.9 Å². The number of anilines is 1. The van der Waals surface area contributed by atoms with Gasteiger partial charge in [-0.15, -0.1) is 0 Å². The first kappa shape index (κ1) is 14.9. The van der Waals surface area contributed by atoms with Crippen LogP contribution in [0, 0.1) is 0 Å². The Morgan fingerprint density at radius 3 is 2.44 bits per heavy atom. The Labute approximate surface area is 114 Å². The molecule has 0 aliphatic carbocycles. The van der Waals surface area contributed by atoms with Crippen molar-refractivity contribution in [3.05, 3.63) is 29.8 Å². The van der Waals surface area contributed by atoms with E-state index in [9.17, 15) is 8.42 Å². The SMILES string of the molecule is CCCCc1ccc(NS(=O)(=O)CC(N)=S)cc1. The maximum absolute atomic E-state index is 11.6. The summed E-state index contributed by atoms with van der Waals surface area (Å²) in [4.78, 5) is -0.0398. The van der Waals surface area contributed by atoms with Gasteiger partial charge in [0.15, 0.2) is 0 Å². The van der Waals surface area contributed by atoms with Crippen molar-refractivity contribution in [1.82, 2.24) is 0 Å². The molecule has 0 bridgehead atoms. The quantitative estimate of drug-likeness (QED) is 0.753. The maximum atomic E-state index is 11.6. The first-order valence-corrected chi connectivity index (χ1v) is 7.87. The van der Waals surface area contributed by atoms with Crippen LogP contribution in [0.1, 0.15) is 25.3 Å². The van der Waals surface area contributed by atoms with Crippen LogP contribution in [-0.2, 0) is 16.4 Å². The zero-order valence-electron chi connectivity index (χ0n) is 10.3. The summed E-state index contributed by atoms with van der Waals surface area (Å²) in [6.07, 6.45) is 3.28. The lowest BCUT2D eigenvalue weighted by Gasteiger charge is -2.08. The molecule has 0 unspecified atom stereocenters. The van der Waals surface area contributed by atoms with Crippen LogP contribution in [0.4, 0.5) is 5.69 Å². The van der Waals surface area contributed by atoms with Crippen molar-refractivity contribution < 1.29 is 8.42 Å². The Balaban J connectivity index is 2.66. The Morgan fingerprint density at radius 1 is 1.33 bits per heavy atom. The molecule has 18 heavy (non-hydrogen) atoms. The minimum atomic E-state index is -3.48. The number of nitrogens with two attached hydrogens (primary N) is 1. The van der Waals surface area contributed by atoms with E-state index in [0.29, 0.717) is 5.69 Å². The highest BCUT2D eigenvalue weighted by Gasteiger charge is 2.11. The van der Waals surface area contributed by atoms with Crippen LogP contribution in [0.2, 0.25) is 0 Å². The van der Waals surface area contributed by atoms with E-state index in [-0.39, 0.29) is 10.7 Å². The molecule has 0 spiro atoms. The van der Waals surface area contributed by atoms with Gasteiger partial charge >= 0.3 is 0 Å². The first-order chi connectivity index (χ1) is 8.43. The summed E-state index contributed by atoms with van der Waals surface area (Å²) < 4.78 is 25.6. The Bertz CT molecular complexity index is 495. The monoisotopic (exact) mass is 286 g/mol. The molecule has 0 saturated carbocycles. The van der Waals surface area contributed by atoms with E-state index in [4.69, 9.17) is 5.73 Å². The summed E-state index contributed by atoms with van der Waals surface area (Å²) in [7, 11) is -3.48. The van der Waals surface area contributed by atoms with Crippen LogP contribution in [0.25, 0.3) is 0 Å². The van der Waals surface area contributed by atoms with Gasteiger partial charge in [-0.25, -0.2) is 8.42 Å². The molecular weight excluding hydrogens is 268 g/mol. The molecule has 0 radical (unpaired) electrons. The summed E-state index contributed by atoms with van der Waals surface area (Å²) in [5.74, 6) is -0.333. The van der Waals surface area contributed by atoms with Gasteiger partial charge < -0.3 is 5.73 Å². The molecule has 0 atom stereocenters. The molecule has 3 N–H and O–H groups in total. The van der Waals surface area contributed by atoms with Crippen molar-refractivity contribution in [2.45, 2.75) is 26.2 Å². The molecule has 0 saturated heterocycles. The smallest absolute Gasteiger partial charge is 0.239 e. The van der Waals surface area contributed by atoms with Crippen LogP contribution in [0.5, 0.6) is 0 Å². The highest BCUT2D eigenvalue weighted by molar-refractivity contribution is 7.95. The van der Waals surface area contributed by atoms with Crippen molar-refractivity contribution in [2.24, 2.45) is 5.73 Å². The van der Waals surface area contributed by atoms with Gasteiger partial charge in [0.2, 0.25) is 10.0 Å². The molecule has 6 heteroatoms. The van der Waals surface area contributed by atoms with E-state index >= 15 is 0 Å². The summed E-state index contributed by atoms with van der Waals surface area (Å²) in [6.45, 7) is 2.14. The molecule has 0 heterocycles. The normalized spacial score (nSPS) is 11.2. The molecule has 4 nitrogen and oxygen atoms in total. The third-order valence-electron chi connectivity index (χ3n) is 2.38. The van der Waals surface area contributed by atoms with E-state index in [1.165, 1.54) is 5.56 Å². The van der Waals surface area contributed by atoms with E-state index in [0.717, 1.165) is 19.3 Å². The van der Waals surface area contributed by atoms with Crippen LogP contribution in [-0.4, -0.2) is 19.2 Å². The lowest BCUT2D eigenvalue weighted by Crippen LogP contribution is -2.26. The minimum absolute atomic E-state index is 0.0398. The number of rotatable bonds is 7. The zero-order chi connectivity index (χ0) is 13.6. The third-order valence-corrected chi connectivity index (χ3v) is 3.94. The number of nitrogens with one attached hydrogen (secondary N) is 1. The molecule has 0 aliphatic heterocycles. The van der Waals surface area contributed by atoms with E-state index in [1.807, 2.05) is 12.1 Å². The van der Waals surface area contributed by atoms with Crippen LogP contribution >= 0.6 is 12.2 Å². The molecule has 0 fully saturated rings. The fraction of sp³-hybridized carbons (Fsp3) is 0.417. The van der Waals surface area contributed by atoms with Crippen molar-refractivity contribution in [2.75, 3.05) is 10.5 Å². The lowest BCUT2D eigenvalue weighted by atomic mass is 10.1. The molecule has 0 amide bonds. The maximum Gasteiger partial charge on any atom is 0.239 e. The Morgan fingerprint density at radius 2 is 1.94 bits per heavy atom. The summed E-state index contributed by atoms with van der Waals surface area (Å²) >= 11 is 4.59. The molecule has 1 aromatic carbocycles. The number of thiocarbonyl (C=S) groups is 1. The number of hydrogen-bond donors (Lipinski definition) is 2. The van der Waals surface area contributed by atoms with Crippen molar-refractivity contribution >= 4 is 32.9 Å². The number of aryl methyl sites for hydroxylation is 1. The molecule has 1 rings (SSSR count). The Kier molecular flexibility index (Phi) is 5.55. The second kappa shape index (κ2) is 6.70. The van der Waals surface area contributed by atoms with Gasteiger partial charge in [0.25, 0.3) is 0 Å². The van der Waals surface area contributed by atoms with Gasteiger partial charge in [-0.1, -0.05) is 37.7 Å². The highest BCUT2D eigenvalue weighted by Crippen LogP contribution is 2.13. The Hall–Kier alpha value is -1.14. The third kappa shape index (κ3) is 5.46.